The molecule has 3 nitrogen and oxygen atoms in total. The molecule has 2 rings (SSSR count). The normalized spacial score (nSPS) is 11.4. The lowest BCUT2D eigenvalue weighted by molar-refractivity contribution is -0.140. The zero-order valence-electron chi connectivity index (χ0n) is 11.3. The molecule has 122 valence electrons. The summed E-state index contributed by atoms with van der Waals surface area (Å²) in [7, 11) is 1.06. The summed E-state index contributed by atoms with van der Waals surface area (Å²) in [5, 5.41) is -0.103. The molecule has 1 heterocycles. The van der Waals surface area contributed by atoms with Crippen molar-refractivity contribution < 1.29 is 31.5 Å². The molecule has 0 aliphatic rings. The molecule has 0 bridgehead atoms. The molecule has 0 fully saturated rings. The van der Waals surface area contributed by atoms with Crippen LogP contribution >= 0.6 is 11.6 Å². The topological polar surface area (TPSA) is 39.2 Å². The first-order valence-corrected chi connectivity index (χ1v) is 6.35. The lowest BCUT2D eigenvalue weighted by Crippen LogP contribution is -2.11. The number of nitrogens with zero attached hydrogens (tertiary/aromatic N) is 1. The van der Waals surface area contributed by atoms with Crippen molar-refractivity contribution in [2.75, 3.05) is 7.11 Å². The molecule has 23 heavy (non-hydrogen) atoms. The van der Waals surface area contributed by atoms with Gasteiger partial charge in [0.1, 0.15) is 0 Å². The maximum Gasteiger partial charge on any atom is 0.419 e. The SMILES string of the molecule is COC(=O)c1nc(-c2ccc(C(F)(F)F)c(F)c2F)ccc1Cl. The number of pyridine rings is 1. The van der Waals surface area contributed by atoms with Gasteiger partial charge in [0.25, 0.3) is 0 Å². The molecule has 0 amide bonds. The van der Waals surface area contributed by atoms with E-state index in [0.717, 1.165) is 19.2 Å². The Morgan fingerprint density at radius 3 is 2.35 bits per heavy atom. The van der Waals surface area contributed by atoms with Gasteiger partial charge in [-0.3, -0.25) is 0 Å². The number of ether oxygens (including phenoxy) is 1. The summed E-state index contributed by atoms with van der Waals surface area (Å²) in [6.07, 6.45) is -5.03. The van der Waals surface area contributed by atoms with Gasteiger partial charge >= 0.3 is 12.1 Å². The van der Waals surface area contributed by atoms with Crippen molar-refractivity contribution in [1.82, 2.24) is 4.98 Å². The molecule has 0 aliphatic carbocycles. The zero-order chi connectivity index (χ0) is 17.4. The van der Waals surface area contributed by atoms with E-state index < -0.39 is 34.9 Å². The van der Waals surface area contributed by atoms with Gasteiger partial charge in [-0.2, -0.15) is 13.2 Å². The molecular formula is C14H7ClF5NO2. The fourth-order valence-corrected chi connectivity index (χ4v) is 1.98. The standard InChI is InChI=1S/C14H7ClF5NO2/c1-23-13(22)12-8(15)4-5-9(21-12)6-2-3-7(14(18,19)20)11(17)10(6)16/h2-5H,1H3. The van der Waals surface area contributed by atoms with E-state index >= 15 is 0 Å². The fourth-order valence-electron chi connectivity index (χ4n) is 1.80. The highest BCUT2D eigenvalue weighted by Crippen LogP contribution is 2.35. The Morgan fingerprint density at radius 1 is 1.13 bits per heavy atom. The van der Waals surface area contributed by atoms with E-state index in [9.17, 15) is 26.7 Å². The summed E-state index contributed by atoms with van der Waals surface area (Å²) in [4.78, 5) is 15.2. The van der Waals surface area contributed by atoms with Crippen molar-refractivity contribution in [2.24, 2.45) is 0 Å². The monoisotopic (exact) mass is 351 g/mol. The molecule has 0 unspecified atom stereocenters. The number of methoxy groups -OCH3 is 1. The minimum Gasteiger partial charge on any atom is -0.464 e. The van der Waals surface area contributed by atoms with Crippen LogP contribution in [0.1, 0.15) is 16.1 Å². The van der Waals surface area contributed by atoms with Crippen LogP contribution in [0.3, 0.4) is 0 Å². The van der Waals surface area contributed by atoms with Crippen LogP contribution < -0.4 is 0 Å². The maximum atomic E-state index is 13.9. The second-order valence-electron chi connectivity index (χ2n) is 4.30. The van der Waals surface area contributed by atoms with Crippen LogP contribution in [0.4, 0.5) is 22.0 Å². The van der Waals surface area contributed by atoms with Gasteiger partial charge in [-0.15, -0.1) is 0 Å². The number of aromatic nitrogens is 1. The molecule has 9 heteroatoms. The Hall–Kier alpha value is -2.22. The first kappa shape index (κ1) is 17.1. The second kappa shape index (κ2) is 6.11. The molecular weight excluding hydrogens is 345 g/mol. The van der Waals surface area contributed by atoms with Crippen LogP contribution in [0.15, 0.2) is 24.3 Å². The summed E-state index contributed by atoms with van der Waals surface area (Å²) in [6, 6.07) is 3.42. The van der Waals surface area contributed by atoms with E-state index in [1.165, 1.54) is 6.07 Å². The number of rotatable bonds is 2. The lowest BCUT2D eigenvalue weighted by atomic mass is 10.1. The molecule has 0 N–H and O–H groups in total. The molecule has 0 spiro atoms. The molecule has 2 aromatic rings. The van der Waals surface area contributed by atoms with Gasteiger partial charge in [0.05, 0.1) is 23.4 Å². The second-order valence-corrected chi connectivity index (χ2v) is 4.71. The number of carbonyl (C=O) groups is 1. The van der Waals surface area contributed by atoms with E-state index in [0.29, 0.717) is 6.07 Å². The highest BCUT2D eigenvalue weighted by molar-refractivity contribution is 6.33. The average molecular weight is 352 g/mol. The van der Waals surface area contributed by atoms with Crippen molar-refractivity contribution in [3.8, 4) is 11.3 Å². The summed E-state index contributed by atoms with van der Waals surface area (Å²) >= 11 is 5.73. The van der Waals surface area contributed by atoms with Crippen LogP contribution in [-0.2, 0) is 10.9 Å². The number of esters is 1. The van der Waals surface area contributed by atoms with Crippen LogP contribution in [-0.4, -0.2) is 18.1 Å². The summed E-state index contributed by atoms with van der Waals surface area (Å²) in [6.45, 7) is 0. The van der Waals surface area contributed by atoms with Crippen LogP contribution in [0.5, 0.6) is 0 Å². The number of hydrogen-bond donors (Lipinski definition) is 0. The molecule has 1 aromatic carbocycles. The smallest absolute Gasteiger partial charge is 0.419 e. The molecule has 0 radical (unpaired) electrons. The molecule has 1 aromatic heterocycles. The van der Waals surface area contributed by atoms with Gasteiger partial charge in [0, 0.05) is 5.56 Å². The van der Waals surface area contributed by atoms with Gasteiger partial charge in [-0.05, 0) is 24.3 Å². The molecule has 0 aliphatic heterocycles. The van der Waals surface area contributed by atoms with Crippen molar-refractivity contribution in [3.05, 3.63) is 52.2 Å². The number of alkyl halides is 3. The number of carbonyl (C=O) groups excluding carboxylic acids is 1. The quantitative estimate of drug-likeness (QED) is 0.591. The highest BCUT2D eigenvalue weighted by atomic mass is 35.5. The first-order valence-electron chi connectivity index (χ1n) is 5.97. The van der Waals surface area contributed by atoms with Crippen molar-refractivity contribution >= 4 is 17.6 Å². The number of hydrogen-bond acceptors (Lipinski definition) is 3. The molecule has 0 atom stereocenters. The van der Waals surface area contributed by atoms with E-state index in [2.05, 4.69) is 9.72 Å². The third kappa shape index (κ3) is 3.26. The first-order chi connectivity index (χ1) is 10.7. The zero-order valence-corrected chi connectivity index (χ0v) is 12.1. The summed E-state index contributed by atoms with van der Waals surface area (Å²) in [5.41, 5.74) is -2.91. The third-order valence-electron chi connectivity index (χ3n) is 2.89. The maximum absolute atomic E-state index is 13.9. The van der Waals surface area contributed by atoms with Crippen LogP contribution in [0.2, 0.25) is 5.02 Å². The van der Waals surface area contributed by atoms with Gasteiger partial charge in [0.2, 0.25) is 0 Å². The predicted molar refractivity (Wildman–Crippen MR) is 70.9 cm³/mol. The fraction of sp³-hybridized carbons (Fsp3) is 0.143. The van der Waals surface area contributed by atoms with Crippen molar-refractivity contribution in [2.45, 2.75) is 6.18 Å². The Kier molecular flexibility index (Phi) is 4.56. The van der Waals surface area contributed by atoms with Crippen molar-refractivity contribution in [3.63, 3.8) is 0 Å². The molecule has 0 saturated carbocycles. The molecule has 0 saturated heterocycles. The highest BCUT2D eigenvalue weighted by Gasteiger charge is 2.36. The third-order valence-corrected chi connectivity index (χ3v) is 3.19. The minimum atomic E-state index is -5.03. The summed E-state index contributed by atoms with van der Waals surface area (Å²) < 4.78 is 69.6. The predicted octanol–water partition coefficient (Wildman–Crippen LogP) is 4.49. The van der Waals surface area contributed by atoms with E-state index in [-0.39, 0.29) is 16.4 Å². The van der Waals surface area contributed by atoms with Gasteiger partial charge in [-0.1, -0.05) is 11.6 Å². The van der Waals surface area contributed by atoms with Gasteiger partial charge in [0.15, 0.2) is 17.3 Å². The van der Waals surface area contributed by atoms with Crippen LogP contribution in [0.25, 0.3) is 11.3 Å². The van der Waals surface area contributed by atoms with Gasteiger partial charge in [-0.25, -0.2) is 18.6 Å². The van der Waals surface area contributed by atoms with E-state index in [1.54, 1.807) is 0 Å². The average Bonchev–Trinajstić information content (AvgIpc) is 2.48. The minimum absolute atomic E-state index is 0.103. The summed E-state index contributed by atoms with van der Waals surface area (Å²) in [5.74, 6) is -4.71. The number of halogens is 6. The Balaban J connectivity index is 2.60. The lowest BCUT2D eigenvalue weighted by Gasteiger charge is -2.11. The Bertz CT molecular complexity index is 776. The van der Waals surface area contributed by atoms with Crippen molar-refractivity contribution in [1.29, 1.82) is 0 Å². The van der Waals surface area contributed by atoms with E-state index in [1.807, 2.05) is 0 Å². The van der Waals surface area contributed by atoms with Gasteiger partial charge < -0.3 is 4.74 Å². The Morgan fingerprint density at radius 2 is 1.78 bits per heavy atom. The number of benzene rings is 1. The Labute approximate surface area is 131 Å². The largest absolute Gasteiger partial charge is 0.464 e. The van der Waals surface area contributed by atoms with E-state index in [4.69, 9.17) is 11.6 Å². The van der Waals surface area contributed by atoms with Crippen LogP contribution in [0, 0.1) is 11.6 Å².